The van der Waals surface area contributed by atoms with Crippen molar-refractivity contribution < 1.29 is 23.8 Å². The molecule has 0 unspecified atom stereocenters. The van der Waals surface area contributed by atoms with Crippen molar-refractivity contribution in [2.24, 2.45) is 0 Å². The molecule has 1 atom stereocenters. The van der Waals surface area contributed by atoms with Crippen LogP contribution in [0.2, 0.25) is 0 Å². The first-order valence-corrected chi connectivity index (χ1v) is 27.2. The molecule has 0 rings (SSSR count). The van der Waals surface area contributed by atoms with E-state index in [0.29, 0.717) is 19.4 Å². The van der Waals surface area contributed by atoms with E-state index >= 15 is 0 Å². The molecule has 0 fully saturated rings. The van der Waals surface area contributed by atoms with E-state index in [0.717, 1.165) is 70.6 Å². The lowest BCUT2D eigenvalue weighted by atomic mass is 10.0. The monoisotopic (exact) mass is 869 g/mol. The zero-order valence-electron chi connectivity index (χ0n) is 41.6. The van der Waals surface area contributed by atoms with Gasteiger partial charge in [0.2, 0.25) is 0 Å². The van der Waals surface area contributed by atoms with E-state index in [9.17, 15) is 9.59 Å². The fourth-order valence-electron chi connectivity index (χ4n) is 7.79. The van der Waals surface area contributed by atoms with Crippen LogP contribution in [0.25, 0.3) is 0 Å². The Balaban J connectivity index is 4.27. The highest BCUT2D eigenvalue weighted by Crippen LogP contribution is 2.15. The Bertz CT molecular complexity index is 1030. The van der Waals surface area contributed by atoms with E-state index < -0.39 is 6.10 Å². The molecule has 0 spiro atoms. The number of carbonyl (C=O) groups is 2. The molecule has 0 saturated carbocycles. The molecule has 0 N–H and O–H groups in total. The molecule has 0 aliphatic heterocycles. The first-order valence-electron chi connectivity index (χ1n) is 27.2. The van der Waals surface area contributed by atoms with Crippen LogP contribution in [0.4, 0.5) is 0 Å². The lowest BCUT2D eigenvalue weighted by Crippen LogP contribution is -2.29. The number of allylic oxidation sites excluding steroid dienone is 8. The fourth-order valence-corrected chi connectivity index (χ4v) is 7.79. The van der Waals surface area contributed by atoms with Crippen molar-refractivity contribution in [1.29, 1.82) is 0 Å². The van der Waals surface area contributed by atoms with Crippen LogP contribution in [0.5, 0.6) is 0 Å². The summed E-state index contributed by atoms with van der Waals surface area (Å²) in [6, 6.07) is 0. The van der Waals surface area contributed by atoms with E-state index in [1.165, 1.54) is 173 Å². The second kappa shape index (κ2) is 53.2. The zero-order valence-corrected chi connectivity index (χ0v) is 41.6. The van der Waals surface area contributed by atoms with Gasteiger partial charge in [-0.15, -0.1) is 0 Å². The highest BCUT2D eigenvalue weighted by atomic mass is 16.6. The fraction of sp³-hybridized carbons (Fsp3) is 0.825. The lowest BCUT2D eigenvalue weighted by molar-refractivity contribution is -0.155. The van der Waals surface area contributed by atoms with Gasteiger partial charge in [-0.05, 0) is 77.0 Å². The molecule has 0 heterocycles. The van der Waals surface area contributed by atoms with Crippen LogP contribution in [0, 0.1) is 0 Å². The number of hydrogen-bond donors (Lipinski definition) is 0. The summed E-state index contributed by atoms with van der Waals surface area (Å²) < 4.78 is 17.5. The average Bonchev–Trinajstić information content (AvgIpc) is 3.28. The Morgan fingerprint density at radius 2 is 0.661 bits per heavy atom. The Hall–Kier alpha value is -2.14. The summed E-state index contributed by atoms with van der Waals surface area (Å²) in [6.07, 6.45) is 65.7. The lowest BCUT2D eigenvalue weighted by Gasteiger charge is -2.18. The van der Waals surface area contributed by atoms with E-state index in [4.69, 9.17) is 14.2 Å². The van der Waals surface area contributed by atoms with Crippen molar-refractivity contribution in [3.8, 4) is 0 Å². The molecule has 0 saturated heterocycles. The van der Waals surface area contributed by atoms with Gasteiger partial charge in [-0.25, -0.2) is 0 Å². The minimum absolute atomic E-state index is 0.149. The van der Waals surface area contributed by atoms with Crippen LogP contribution in [0.15, 0.2) is 48.6 Å². The second-order valence-corrected chi connectivity index (χ2v) is 18.1. The number of rotatable bonds is 50. The third kappa shape index (κ3) is 50.5. The Morgan fingerprint density at radius 1 is 0.355 bits per heavy atom. The first kappa shape index (κ1) is 59.9. The van der Waals surface area contributed by atoms with Gasteiger partial charge in [-0.2, -0.15) is 0 Å². The van der Waals surface area contributed by atoms with Gasteiger partial charge in [0, 0.05) is 19.4 Å². The van der Waals surface area contributed by atoms with Crippen molar-refractivity contribution in [2.75, 3.05) is 19.8 Å². The Kier molecular flexibility index (Phi) is 51.4. The molecular weight excluding hydrogens is 765 g/mol. The molecule has 5 heteroatoms. The molecule has 5 nitrogen and oxygen atoms in total. The summed E-state index contributed by atoms with van der Waals surface area (Å²) in [4.78, 5) is 25.2. The molecule has 0 aliphatic rings. The predicted molar refractivity (Wildman–Crippen MR) is 270 cm³/mol. The van der Waals surface area contributed by atoms with Gasteiger partial charge in [0.1, 0.15) is 19.3 Å². The highest BCUT2D eigenvalue weighted by molar-refractivity contribution is 5.69. The quantitative estimate of drug-likeness (QED) is 0.0346. The van der Waals surface area contributed by atoms with Gasteiger partial charge < -0.3 is 14.2 Å². The van der Waals surface area contributed by atoms with Crippen LogP contribution >= 0.6 is 0 Å². The van der Waals surface area contributed by atoms with Crippen LogP contribution in [0.3, 0.4) is 0 Å². The van der Waals surface area contributed by atoms with Gasteiger partial charge in [0.15, 0.2) is 0 Å². The number of hydrogen-bond acceptors (Lipinski definition) is 5. The minimum Gasteiger partial charge on any atom is -0.463 e. The van der Waals surface area contributed by atoms with Crippen LogP contribution < -0.4 is 0 Å². The highest BCUT2D eigenvalue weighted by Gasteiger charge is 2.16. The van der Waals surface area contributed by atoms with Gasteiger partial charge in [-0.3, -0.25) is 9.59 Å². The predicted octanol–water partition coefficient (Wildman–Crippen LogP) is 18.3. The van der Waals surface area contributed by atoms with Gasteiger partial charge >= 0.3 is 11.9 Å². The van der Waals surface area contributed by atoms with Crippen molar-refractivity contribution in [3.63, 3.8) is 0 Å². The molecular formula is C57H104O5. The molecule has 62 heavy (non-hydrogen) atoms. The summed E-state index contributed by atoms with van der Waals surface area (Å²) in [5.41, 5.74) is 0. The van der Waals surface area contributed by atoms with E-state index in [1.807, 2.05) is 0 Å². The number of unbranched alkanes of at least 4 members (excludes halogenated alkanes) is 31. The number of esters is 2. The summed E-state index contributed by atoms with van der Waals surface area (Å²) in [7, 11) is 0. The summed E-state index contributed by atoms with van der Waals surface area (Å²) >= 11 is 0. The zero-order chi connectivity index (χ0) is 44.9. The molecule has 0 aromatic heterocycles. The number of carbonyl (C=O) groups excluding carboxylic acids is 2. The Labute approximate surface area is 386 Å². The molecule has 0 radical (unpaired) electrons. The van der Waals surface area contributed by atoms with E-state index in [1.54, 1.807) is 0 Å². The van der Waals surface area contributed by atoms with Gasteiger partial charge in [-0.1, -0.05) is 236 Å². The van der Waals surface area contributed by atoms with Crippen molar-refractivity contribution in [1.82, 2.24) is 0 Å². The minimum atomic E-state index is -0.406. The maximum Gasteiger partial charge on any atom is 0.305 e. The summed E-state index contributed by atoms with van der Waals surface area (Å²) in [6.45, 7) is 7.62. The number of ether oxygens (including phenoxy) is 3. The van der Waals surface area contributed by atoms with Crippen LogP contribution in [-0.4, -0.2) is 37.9 Å². The molecule has 362 valence electrons. The third-order valence-electron chi connectivity index (χ3n) is 11.9. The van der Waals surface area contributed by atoms with Gasteiger partial charge in [0.25, 0.3) is 0 Å². The average molecular weight is 869 g/mol. The van der Waals surface area contributed by atoms with Crippen molar-refractivity contribution in [2.45, 2.75) is 284 Å². The maximum absolute atomic E-state index is 12.6. The molecule has 0 aromatic rings. The van der Waals surface area contributed by atoms with Crippen LogP contribution in [0.1, 0.15) is 278 Å². The normalized spacial score (nSPS) is 12.5. The van der Waals surface area contributed by atoms with Crippen LogP contribution in [-0.2, 0) is 23.8 Å². The van der Waals surface area contributed by atoms with Crippen molar-refractivity contribution >= 4 is 11.9 Å². The first-order chi connectivity index (χ1) is 30.6. The molecule has 0 amide bonds. The summed E-state index contributed by atoms with van der Waals surface area (Å²) in [5, 5.41) is 0. The molecule has 0 aromatic carbocycles. The standard InChI is InChI=1S/C57H104O5/c1-4-7-10-13-16-19-22-25-28-31-34-37-40-43-46-49-52-60-55(53-61-56(58)50-47-44-41-38-35-32-29-26-23-20-17-14-11-8-5-2)54-62-57(59)51-48-45-42-39-36-33-30-27-24-21-18-15-12-9-6-3/h8,11,17,20-21,24,26,29,55H,4-7,9-10,12-16,18-19,22-23,25,27-28,30-54H2,1-3H3/b11-8-,20-17-,24-21-,29-26-/t55-/m1/s1. The topological polar surface area (TPSA) is 61.8 Å². The van der Waals surface area contributed by atoms with E-state index in [2.05, 4.69) is 69.4 Å². The SMILES string of the molecule is CC/C=C\C/C=C\C/C=C\CCCCCCCC(=O)OC[C@H](COC(=O)CCCCCCCCC/C=C\CCCCCC)OCCCCCCCCCCCCCCCCCC. The smallest absolute Gasteiger partial charge is 0.305 e. The molecule has 0 aliphatic carbocycles. The maximum atomic E-state index is 12.6. The summed E-state index contributed by atoms with van der Waals surface area (Å²) in [5.74, 6) is -0.348. The molecule has 0 bridgehead atoms. The van der Waals surface area contributed by atoms with Gasteiger partial charge in [0.05, 0.1) is 0 Å². The van der Waals surface area contributed by atoms with E-state index in [-0.39, 0.29) is 25.2 Å². The van der Waals surface area contributed by atoms with Crippen molar-refractivity contribution in [3.05, 3.63) is 48.6 Å². The second-order valence-electron chi connectivity index (χ2n) is 18.1. The Morgan fingerprint density at radius 3 is 1.06 bits per heavy atom. The largest absolute Gasteiger partial charge is 0.463 e. The third-order valence-corrected chi connectivity index (χ3v) is 11.9.